The molecule has 0 aliphatic carbocycles. The molecule has 2 aromatic carbocycles. The highest BCUT2D eigenvalue weighted by molar-refractivity contribution is 5.63. The fourth-order valence-corrected chi connectivity index (χ4v) is 2.31. The number of ether oxygens (including phenoxy) is 2. The number of rotatable bonds is 2. The topological polar surface area (TPSA) is 18.5 Å². The van der Waals surface area contributed by atoms with Crippen LogP contribution in [0, 0.1) is 0 Å². The lowest BCUT2D eigenvalue weighted by Crippen LogP contribution is -2.28. The Labute approximate surface area is 113 Å². The second-order valence-electron chi connectivity index (χ2n) is 4.81. The van der Waals surface area contributed by atoms with Gasteiger partial charge in [0.25, 0.3) is 0 Å². The second kappa shape index (κ2) is 4.47. The van der Waals surface area contributed by atoms with E-state index in [9.17, 15) is 0 Å². The Bertz CT molecular complexity index is 616. The lowest BCUT2D eigenvalue weighted by atomic mass is 9.92. The molecule has 2 nitrogen and oxygen atoms in total. The van der Waals surface area contributed by atoms with Gasteiger partial charge in [0.2, 0.25) is 0 Å². The first-order valence-corrected chi connectivity index (χ1v) is 6.33. The minimum atomic E-state index is -0.414. The summed E-state index contributed by atoms with van der Waals surface area (Å²) in [6, 6.07) is 16.1. The zero-order valence-corrected chi connectivity index (χ0v) is 11.1. The molecule has 1 atom stereocenters. The van der Waals surface area contributed by atoms with E-state index < -0.39 is 5.60 Å². The van der Waals surface area contributed by atoms with Gasteiger partial charge in [-0.25, -0.2) is 0 Å². The average molecular weight is 252 g/mol. The summed E-state index contributed by atoms with van der Waals surface area (Å²) in [4.78, 5) is 0. The minimum Gasteiger partial charge on any atom is -0.497 e. The first-order chi connectivity index (χ1) is 9.21. The molecule has 0 radical (unpaired) electrons. The Kier molecular flexibility index (Phi) is 2.79. The van der Waals surface area contributed by atoms with Crippen molar-refractivity contribution in [3.8, 4) is 11.5 Å². The van der Waals surface area contributed by atoms with Crippen LogP contribution in [0.4, 0.5) is 0 Å². The van der Waals surface area contributed by atoms with Crippen molar-refractivity contribution in [3.63, 3.8) is 0 Å². The van der Waals surface area contributed by atoms with Gasteiger partial charge in [0, 0.05) is 5.56 Å². The summed E-state index contributed by atoms with van der Waals surface area (Å²) in [7, 11) is 1.67. The fraction of sp³-hybridized carbons (Fsp3) is 0.176. The van der Waals surface area contributed by atoms with Crippen molar-refractivity contribution in [1.29, 1.82) is 0 Å². The minimum absolute atomic E-state index is 0.414. The van der Waals surface area contributed by atoms with Gasteiger partial charge >= 0.3 is 0 Å². The Balaban J connectivity index is 1.99. The third-order valence-electron chi connectivity index (χ3n) is 3.47. The molecule has 2 aromatic rings. The van der Waals surface area contributed by atoms with E-state index in [2.05, 4.69) is 31.2 Å². The summed E-state index contributed by atoms with van der Waals surface area (Å²) < 4.78 is 11.4. The van der Waals surface area contributed by atoms with E-state index in [1.165, 1.54) is 0 Å². The van der Waals surface area contributed by atoms with E-state index >= 15 is 0 Å². The summed E-state index contributed by atoms with van der Waals surface area (Å²) in [6.07, 6.45) is 4.18. The van der Waals surface area contributed by atoms with Crippen LogP contribution in [-0.4, -0.2) is 7.11 Å². The van der Waals surface area contributed by atoms with Crippen LogP contribution in [-0.2, 0) is 5.60 Å². The molecular weight excluding hydrogens is 236 g/mol. The molecule has 0 bridgehead atoms. The maximum absolute atomic E-state index is 6.16. The third kappa shape index (κ3) is 2.10. The van der Waals surface area contributed by atoms with Crippen LogP contribution in [0.25, 0.3) is 6.08 Å². The summed E-state index contributed by atoms with van der Waals surface area (Å²) in [5.41, 5.74) is 1.78. The van der Waals surface area contributed by atoms with E-state index in [1.54, 1.807) is 7.11 Å². The van der Waals surface area contributed by atoms with E-state index in [4.69, 9.17) is 9.47 Å². The van der Waals surface area contributed by atoms with Gasteiger partial charge in [0.15, 0.2) is 0 Å². The Hall–Kier alpha value is -2.22. The van der Waals surface area contributed by atoms with Crippen LogP contribution in [0.3, 0.4) is 0 Å². The highest BCUT2D eigenvalue weighted by atomic mass is 16.5. The van der Waals surface area contributed by atoms with Gasteiger partial charge in [0.1, 0.15) is 17.1 Å². The highest BCUT2D eigenvalue weighted by Crippen LogP contribution is 2.38. The molecule has 3 rings (SSSR count). The smallest absolute Gasteiger partial charge is 0.150 e. The lowest BCUT2D eigenvalue weighted by Gasteiger charge is -2.32. The summed E-state index contributed by atoms with van der Waals surface area (Å²) >= 11 is 0. The zero-order chi connectivity index (χ0) is 13.3. The standard InChI is InChI=1S/C17H16O2/c1-17(14-6-4-3-5-7-14)11-10-13-12-15(18-2)8-9-16(13)19-17/h3-12H,1-2H3. The first-order valence-electron chi connectivity index (χ1n) is 6.33. The zero-order valence-electron chi connectivity index (χ0n) is 11.1. The van der Waals surface area contributed by atoms with Crippen LogP contribution < -0.4 is 9.47 Å². The van der Waals surface area contributed by atoms with Crippen molar-refractivity contribution in [2.45, 2.75) is 12.5 Å². The maximum atomic E-state index is 6.16. The summed E-state index contributed by atoms with van der Waals surface area (Å²) in [5, 5.41) is 0. The number of hydrogen-bond acceptors (Lipinski definition) is 2. The van der Waals surface area contributed by atoms with Crippen molar-refractivity contribution in [3.05, 3.63) is 65.7 Å². The molecule has 0 fully saturated rings. The average Bonchev–Trinajstić information content (AvgIpc) is 2.47. The van der Waals surface area contributed by atoms with Crippen molar-refractivity contribution >= 4 is 6.08 Å². The van der Waals surface area contributed by atoms with Crippen molar-refractivity contribution in [1.82, 2.24) is 0 Å². The fourth-order valence-electron chi connectivity index (χ4n) is 2.31. The molecule has 1 unspecified atom stereocenters. The molecule has 1 heterocycles. The van der Waals surface area contributed by atoms with Gasteiger partial charge < -0.3 is 9.47 Å². The highest BCUT2D eigenvalue weighted by Gasteiger charge is 2.29. The van der Waals surface area contributed by atoms with Gasteiger partial charge in [-0.2, -0.15) is 0 Å². The quantitative estimate of drug-likeness (QED) is 0.803. The van der Waals surface area contributed by atoms with Crippen LogP contribution in [0.2, 0.25) is 0 Å². The summed E-state index contributed by atoms with van der Waals surface area (Å²) in [6.45, 7) is 2.08. The molecule has 0 spiro atoms. The van der Waals surface area contributed by atoms with Crippen LogP contribution in [0.5, 0.6) is 11.5 Å². The molecule has 19 heavy (non-hydrogen) atoms. The predicted molar refractivity (Wildman–Crippen MR) is 76.5 cm³/mol. The van der Waals surface area contributed by atoms with Gasteiger partial charge in [-0.3, -0.25) is 0 Å². The Morgan fingerprint density at radius 1 is 1.05 bits per heavy atom. The monoisotopic (exact) mass is 252 g/mol. The third-order valence-corrected chi connectivity index (χ3v) is 3.47. The van der Waals surface area contributed by atoms with Gasteiger partial charge in [-0.15, -0.1) is 0 Å². The van der Waals surface area contributed by atoms with Gasteiger partial charge in [-0.05, 0) is 36.8 Å². The molecule has 1 aliphatic rings. The van der Waals surface area contributed by atoms with E-state index in [1.807, 2.05) is 36.4 Å². The van der Waals surface area contributed by atoms with Gasteiger partial charge in [-0.1, -0.05) is 36.4 Å². The SMILES string of the molecule is COc1ccc2c(c1)C=CC(C)(c1ccccc1)O2. The van der Waals surface area contributed by atoms with E-state index in [0.29, 0.717) is 0 Å². The van der Waals surface area contributed by atoms with Crippen molar-refractivity contribution in [2.75, 3.05) is 7.11 Å². The molecule has 96 valence electrons. The normalized spacial score (nSPS) is 20.5. The second-order valence-corrected chi connectivity index (χ2v) is 4.81. The van der Waals surface area contributed by atoms with Crippen molar-refractivity contribution in [2.24, 2.45) is 0 Å². The lowest BCUT2D eigenvalue weighted by molar-refractivity contribution is 0.138. The van der Waals surface area contributed by atoms with Crippen molar-refractivity contribution < 1.29 is 9.47 Å². The number of hydrogen-bond donors (Lipinski definition) is 0. The Morgan fingerprint density at radius 2 is 1.84 bits per heavy atom. The molecular formula is C17H16O2. The predicted octanol–water partition coefficient (Wildman–Crippen LogP) is 4.02. The van der Waals surface area contributed by atoms with Gasteiger partial charge in [0.05, 0.1) is 7.11 Å². The van der Waals surface area contributed by atoms with Crippen LogP contribution in [0.1, 0.15) is 18.1 Å². The summed E-state index contributed by atoms with van der Waals surface area (Å²) in [5.74, 6) is 1.73. The molecule has 0 aromatic heterocycles. The first kappa shape index (κ1) is 11.8. The molecule has 1 aliphatic heterocycles. The van der Waals surface area contributed by atoms with Crippen LogP contribution >= 0.6 is 0 Å². The maximum Gasteiger partial charge on any atom is 0.150 e. The molecule has 0 saturated carbocycles. The number of methoxy groups -OCH3 is 1. The largest absolute Gasteiger partial charge is 0.497 e. The molecule has 0 N–H and O–H groups in total. The van der Waals surface area contributed by atoms with Crippen LogP contribution in [0.15, 0.2) is 54.6 Å². The molecule has 0 amide bonds. The van der Waals surface area contributed by atoms with E-state index in [0.717, 1.165) is 22.6 Å². The number of benzene rings is 2. The Morgan fingerprint density at radius 3 is 2.58 bits per heavy atom. The molecule has 0 saturated heterocycles. The molecule has 2 heteroatoms. The number of fused-ring (bicyclic) bond motifs is 1. The van der Waals surface area contributed by atoms with E-state index in [-0.39, 0.29) is 0 Å².